The SMILES string of the molecule is O=C(O)c1ncsc1Nc1c(F)cc(F)cc1Br. The highest BCUT2D eigenvalue weighted by Crippen LogP contribution is 2.32. The van der Waals surface area contributed by atoms with Crippen LogP contribution in [0.1, 0.15) is 10.5 Å². The number of nitrogens with zero attached hydrogens (tertiary/aromatic N) is 1. The summed E-state index contributed by atoms with van der Waals surface area (Å²) >= 11 is 4.01. The summed E-state index contributed by atoms with van der Waals surface area (Å²) in [4.78, 5) is 14.5. The standard InChI is InChI=1S/C10H5BrF2N2O2S/c11-5-1-4(12)2-6(13)7(5)15-9-8(10(16)17)14-3-18-9/h1-3,15H,(H,16,17). The molecule has 2 rings (SSSR count). The van der Waals surface area contributed by atoms with Crippen LogP contribution in [0.3, 0.4) is 0 Å². The maximum Gasteiger partial charge on any atom is 0.357 e. The molecule has 1 aromatic carbocycles. The van der Waals surface area contributed by atoms with Crippen LogP contribution in [-0.4, -0.2) is 16.1 Å². The topological polar surface area (TPSA) is 62.2 Å². The lowest BCUT2D eigenvalue weighted by Gasteiger charge is -2.08. The average molecular weight is 335 g/mol. The van der Waals surface area contributed by atoms with E-state index in [0.29, 0.717) is 6.07 Å². The maximum atomic E-state index is 13.5. The highest BCUT2D eigenvalue weighted by molar-refractivity contribution is 9.10. The number of carboxylic acids is 1. The Morgan fingerprint density at radius 1 is 1.44 bits per heavy atom. The molecule has 0 aliphatic rings. The van der Waals surface area contributed by atoms with Gasteiger partial charge in [0.25, 0.3) is 0 Å². The van der Waals surface area contributed by atoms with Crippen molar-refractivity contribution in [1.82, 2.24) is 4.98 Å². The third-order valence-electron chi connectivity index (χ3n) is 2.02. The van der Waals surface area contributed by atoms with Crippen LogP contribution < -0.4 is 5.32 Å². The van der Waals surface area contributed by atoms with Crippen molar-refractivity contribution < 1.29 is 18.7 Å². The number of carboxylic acid groups (broad SMARTS) is 1. The van der Waals surface area contributed by atoms with E-state index in [9.17, 15) is 13.6 Å². The molecule has 1 heterocycles. The van der Waals surface area contributed by atoms with Crippen molar-refractivity contribution >= 4 is 43.9 Å². The van der Waals surface area contributed by atoms with E-state index in [4.69, 9.17) is 5.11 Å². The summed E-state index contributed by atoms with van der Waals surface area (Å²) in [5.41, 5.74) is 1.07. The van der Waals surface area contributed by atoms with E-state index in [1.165, 1.54) is 5.51 Å². The quantitative estimate of drug-likeness (QED) is 0.899. The number of halogens is 3. The van der Waals surface area contributed by atoms with Crippen molar-refractivity contribution in [2.75, 3.05) is 5.32 Å². The number of nitrogens with one attached hydrogen (secondary N) is 1. The molecule has 0 amide bonds. The van der Waals surface area contributed by atoms with E-state index >= 15 is 0 Å². The summed E-state index contributed by atoms with van der Waals surface area (Å²) in [6.45, 7) is 0. The molecular formula is C10H5BrF2N2O2S. The van der Waals surface area contributed by atoms with Crippen molar-refractivity contribution in [2.24, 2.45) is 0 Å². The third-order valence-corrected chi connectivity index (χ3v) is 3.38. The third kappa shape index (κ3) is 2.49. The Hall–Kier alpha value is -1.54. The van der Waals surface area contributed by atoms with Crippen LogP contribution in [-0.2, 0) is 0 Å². The zero-order valence-electron chi connectivity index (χ0n) is 8.58. The van der Waals surface area contributed by atoms with E-state index < -0.39 is 17.6 Å². The molecule has 0 atom stereocenters. The number of hydrogen-bond acceptors (Lipinski definition) is 4. The van der Waals surface area contributed by atoms with Crippen molar-refractivity contribution in [2.45, 2.75) is 0 Å². The van der Waals surface area contributed by atoms with E-state index in [0.717, 1.165) is 17.4 Å². The molecule has 0 fully saturated rings. The fourth-order valence-electron chi connectivity index (χ4n) is 1.26. The minimum Gasteiger partial charge on any atom is -0.476 e. The molecule has 0 aliphatic heterocycles. The van der Waals surface area contributed by atoms with Gasteiger partial charge in [-0.1, -0.05) is 0 Å². The van der Waals surface area contributed by atoms with Gasteiger partial charge in [0, 0.05) is 10.5 Å². The van der Waals surface area contributed by atoms with Crippen LogP contribution in [0.4, 0.5) is 19.5 Å². The predicted molar refractivity (Wildman–Crippen MR) is 66.4 cm³/mol. The fraction of sp³-hybridized carbons (Fsp3) is 0. The van der Waals surface area contributed by atoms with Crippen LogP contribution in [0.2, 0.25) is 0 Å². The van der Waals surface area contributed by atoms with Crippen LogP contribution >= 0.6 is 27.3 Å². The monoisotopic (exact) mass is 334 g/mol. The summed E-state index contributed by atoms with van der Waals surface area (Å²) in [6.07, 6.45) is 0. The molecule has 0 unspecified atom stereocenters. The Bertz CT molecular complexity index is 595. The molecule has 0 saturated heterocycles. The summed E-state index contributed by atoms with van der Waals surface area (Å²) in [5, 5.41) is 11.6. The highest BCUT2D eigenvalue weighted by atomic mass is 79.9. The first-order chi connectivity index (χ1) is 8.49. The summed E-state index contributed by atoms with van der Waals surface area (Å²) in [5.74, 6) is -2.78. The van der Waals surface area contributed by atoms with Gasteiger partial charge >= 0.3 is 5.97 Å². The van der Waals surface area contributed by atoms with Gasteiger partial charge in [0.1, 0.15) is 10.8 Å². The van der Waals surface area contributed by atoms with Crippen molar-refractivity contribution in [3.8, 4) is 0 Å². The van der Waals surface area contributed by atoms with Crippen LogP contribution in [0, 0.1) is 11.6 Å². The molecule has 0 bridgehead atoms. The van der Waals surface area contributed by atoms with Gasteiger partial charge in [-0.15, -0.1) is 11.3 Å². The lowest BCUT2D eigenvalue weighted by molar-refractivity contribution is 0.0692. The van der Waals surface area contributed by atoms with Gasteiger partial charge in [-0.25, -0.2) is 18.6 Å². The number of carbonyl (C=O) groups is 1. The molecule has 2 aromatic rings. The molecule has 0 aliphatic carbocycles. The number of aromatic carboxylic acids is 1. The first-order valence-corrected chi connectivity index (χ1v) is 6.24. The van der Waals surface area contributed by atoms with E-state index in [-0.39, 0.29) is 20.9 Å². The normalized spacial score (nSPS) is 10.4. The van der Waals surface area contributed by atoms with Gasteiger partial charge in [0.15, 0.2) is 11.5 Å². The molecule has 2 N–H and O–H groups in total. The van der Waals surface area contributed by atoms with Crippen molar-refractivity contribution in [1.29, 1.82) is 0 Å². The molecule has 18 heavy (non-hydrogen) atoms. The van der Waals surface area contributed by atoms with Gasteiger partial charge in [0.05, 0.1) is 11.2 Å². The smallest absolute Gasteiger partial charge is 0.357 e. The zero-order chi connectivity index (χ0) is 13.3. The lowest BCUT2D eigenvalue weighted by atomic mass is 10.3. The largest absolute Gasteiger partial charge is 0.476 e. The number of anilines is 2. The second-order valence-corrected chi connectivity index (χ2v) is 4.91. The van der Waals surface area contributed by atoms with Crippen LogP contribution in [0.15, 0.2) is 22.1 Å². The molecule has 0 spiro atoms. The Labute approximate surface area is 112 Å². The molecule has 0 saturated carbocycles. The first-order valence-electron chi connectivity index (χ1n) is 4.57. The second-order valence-electron chi connectivity index (χ2n) is 3.20. The molecular weight excluding hydrogens is 330 g/mol. The van der Waals surface area contributed by atoms with Gasteiger partial charge in [-0.3, -0.25) is 0 Å². The van der Waals surface area contributed by atoms with Gasteiger partial charge in [-0.05, 0) is 22.0 Å². The minimum atomic E-state index is -1.22. The fourth-order valence-corrected chi connectivity index (χ4v) is 2.45. The Balaban J connectivity index is 2.40. The van der Waals surface area contributed by atoms with Gasteiger partial charge in [0.2, 0.25) is 0 Å². The Morgan fingerprint density at radius 3 is 2.78 bits per heavy atom. The highest BCUT2D eigenvalue weighted by Gasteiger charge is 2.17. The van der Waals surface area contributed by atoms with Crippen LogP contribution in [0.25, 0.3) is 0 Å². The molecule has 8 heteroatoms. The van der Waals surface area contributed by atoms with E-state index in [1.807, 2.05) is 0 Å². The molecule has 0 radical (unpaired) electrons. The first kappa shape index (κ1) is 12.9. The van der Waals surface area contributed by atoms with E-state index in [1.54, 1.807) is 0 Å². The minimum absolute atomic E-state index is 0.0387. The Morgan fingerprint density at radius 2 is 2.17 bits per heavy atom. The van der Waals surface area contributed by atoms with E-state index in [2.05, 4.69) is 26.2 Å². The van der Waals surface area contributed by atoms with Gasteiger partial charge in [-0.2, -0.15) is 0 Å². The Kier molecular flexibility index (Phi) is 3.58. The number of thiazole rings is 1. The number of aromatic nitrogens is 1. The average Bonchev–Trinajstić information content (AvgIpc) is 2.71. The number of hydrogen-bond donors (Lipinski definition) is 2. The molecule has 1 aromatic heterocycles. The second kappa shape index (κ2) is 4.99. The van der Waals surface area contributed by atoms with Crippen LogP contribution in [0.5, 0.6) is 0 Å². The number of benzene rings is 1. The zero-order valence-corrected chi connectivity index (χ0v) is 11.0. The molecule has 4 nitrogen and oxygen atoms in total. The molecule has 94 valence electrons. The van der Waals surface area contributed by atoms with Gasteiger partial charge < -0.3 is 10.4 Å². The predicted octanol–water partition coefficient (Wildman–Crippen LogP) is 3.63. The summed E-state index contributed by atoms with van der Waals surface area (Å²) < 4.78 is 26.6. The van der Waals surface area contributed by atoms with Crippen molar-refractivity contribution in [3.63, 3.8) is 0 Å². The summed E-state index contributed by atoms with van der Waals surface area (Å²) in [6, 6.07) is 1.78. The summed E-state index contributed by atoms with van der Waals surface area (Å²) in [7, 11) is 0. The number of rotatable bonds is 3. The van der Waals surface area contributed by atoms with Crippen molar-refractivity contribution in [3.05, 3.63) is 39.4 Å². The lowest BCUT2D eigenvalue weighted by Crippen LogP contribution is -2.02. The maximum absolute atomic E-state index is 13.5.